The molecule has 18 N–H and O–H groups in total. The highest BCUT2D eigenvalue weighted by molar-refractivity contribution is 8.76. The number of unbranched alkanes of at least 4 members (excludes halogenated alkanes) is 1. The van der Waals surface area contributed by atoms with Gasteiger partial charge in [-0.1, -0.05) is 64.1 Å². The van der Waals surface area contributed by atoms with Crippen LogP contribution in [0.5, 0.6) is 5.75 Å². The summed E-state index contributed by atoms with van der Waals surface area (Å²) in [6.07, 6.45) is -0.386. The van der Waals surface area contributed by atoms with Gasteiger partial charge in [0.2, 0.25) is 65.0 Å². The van der Waals surface area contributed by atoms with E-state index in [1.165, 1.54) is 29.2 Å². The monoisotopic (exact) mass is 1060 g/mol. The molecule has 398 valence electrons. The van der Waals surface area contributed by atoms with E-state index in [-0.39, 0.29) is 49.5 Å². The lowest BCUT2D eigenvalue weighted by Crippen LogP contribution is -2.61. The molecule has 2 saturated heterocycles. The number of rotatable bonds is 19. The highest BCUT2D eigenvalue weighted by Gasteiger charge is 2.40. The third kappa shape index (κ3) is 19.5. The van der Waals surface area contributed by atoms with Crippen molar-refractivity contribution < 1.29 is 57.8 Å². The lowest BCUT2D eigenvalue weighted by Gasteiger charge is -2.31. The first kappa shape index (κ1) is 58.6. The summed E-state index contributed by atoms with van der Waals surface area (Å²) in [4.78, 5) is 149. The van der Waals surface area contributed by atoms with Gasteiger partial charge in [0.15, 0.2) is 0 Å². The molecule has 11 amide bonds. The molecule has 2 aliphatic rings. The Labute approximate surface area is 428 Å². The Kier molecular flexibility index (Phi) is 23.7. The van der Waals surface area contributed by atoms with E-state index in [9.17, 15) is 57.8 Å². The Morgan fingerprint density at radius 3 is 1.89 bits per heavy atom. The number of carbonyl (C=O) groups is 11. The average molecular weight is 1060 g/mol. The smallest absolute Gasteiger partial charge is 0.246 e. The molecule has 73 heavy (non-hydrogen) atoms. The van der Waals surface area contributed by atoms with Crippen LogP contribution in [0.1, 0.15) is 62.5 Å². The van der Waals surface area contributed by atoms with Crippen molar-refractivity contribution in [3.63, 3.8) is 0 Å². The van der Waals surface area contributed by atoms with Crippen LogP contribution < -0.4 is 65.9 Å². The quantitative estimate of drug-likeness (QED) is 0.0467. The number of benzene rings is 2. The fraction of sp³-hybridized carbons (Fsp3) is 0.500. The number of nitrogens with two attached hydrogens (primary N) is 5. The van der Waals surface area contributed by atoms with Gasteiger partial charge in [0.1, 0.15) is 48.0 Å². The molecular formula is C46H65N13O12S2. The van der Waals surface area contributed by atoms with Gasteiger partial charge in [-0.3, -0.25) is 52.7 Å². The molecule has 4 rings (SSSR count). The van der Waals surface area contributed by atoms with Crippen LogP contribution in [0.25, 0.3) is 0 Å². The van der Waals surface area contributed by atoms with Crippen LogP contribution in [-0.4, -0.2) is 154 Å². The van der Waals surface area contributed by atoms with Gasteiger partial charge in [0.05, 0.1) is 19.0 Å². The van der Waals surface area contributed by atoms with Gasteiger partial charge >= 0.3 is 0 Å². The van der Waals surface area contributed by atoms with Gasteiger partial charge in [-0.25, -0.2) is 0 Å². The topological polar surface area (TPSA) is 426 Å². The largest absolute Gasteiger partial charge is 0.508 e. The fourth-order valence-electron chi connectivity index (χ4n) is 7.79. The minimum absolute atomic E-state index is 0.0324. The van der Waals surface area contributed by atoms with Crippen LogP contribution in [-0.2, 0) is 65.6 Å². The third-order valence-corrected chi connectivity index (χ3v) is 14.1. The van der Waals surface area contributed by atoms with Gasteiger partial charge in [-0.2, -0.15) is 0 Å². The lowest BCUT2D eigenvalue weighted by atomic mass is 10.0. The molecule has 25 nitrogen and oxygen atoms in total. The average Bonchev–Trinajstić information content (AvgIpc) is 3.85. The summed E-state index contributed by atoms with van der Waals surface area (Å²) in [6.45, 7) is -0.147. The fourth-order valence-corrected chi connectivity index (χ4v) is 10.1. The van der Waals surface area contributed by atoms with Crippen molar-refractivity contribution in [2.24, 2.45) is 28.7 Å². The molecule has 2 aliphatic heterocycles. The van der Waals surface area contributed by atoms with E-state index in [1.54, 1.807) is 30.3 Å². The maximum Gasteiger partial charge on any atom is 0.246 e. The third-order valence-electron chi connectivity index (χ3n) is 11.6. The maximum absolute atomic E-state index is 14.6. The molecule has 2 aromatic rings. The van der Waals surface area contributed by atoms with Crippen molar-refractivity contribution in [2.45, 2.75) is 113 Å². The Hall–Kier alpha value is -6.97. The Morgan fingerprint density at radius 2 is 1.27 bits per heavy atom. The molecule has 0 radical (unpaired) electrons. The van der Waals surface area contributed by atoms with Crippen molar-refractivity contribution in [1.82, 2.24) is 42.1 Å². The number of nitrogens with one attached hydrogen (secondary N) is 7. The first-order chi connectivity index (χ1) is 34.8. The molecule has 0 saturated carbocycles. The normalized spacial score (nSPS) is 23.0. The number of hydrogen-bond acceptors (Lipinski definition) is 16. The molecule has 2 aromatic carbocycles. The molecule has 0 unspecified atom stereocenters. The molecule has 2 heterocycles. The standard InChI is InChI=1S/C46H65N13O12S2/c47-17-5-4-9-29(40(65)52-22-38(51)63)54-45(70)35-10-6-18-59(35)46(71)34-24-73-72-23-28(48)39(64)55-31(20-26-11-13-27(60)14-12-26)43(68)56-32(19-25-7-2-1-3-8-25)42(67)53-30(15-16-36(49)61)41(66)57-33(21-37(50)62)44(69)58-34/h1-3,7-8,11-14,28-35,60H,4-6,9-10,15-24,47-48H2,(H2,49,61)(H2,50,62)(H2,51,63)(H,52,65)(H,53,67)(H,54,70)(H,55,64)(H,56,68)(H,57,66)(H,58,69)/t28-,29-,30+,31+,32-,33-,34-,35-/m0/s1. The summed E-state index contributed by atoms with van der Waals surface area (Å²) in [5.74, 6) is -10.0. The van der Waals surface area contributed by atoms with E-state index in [4.69, 9.17) is 28.7 Å². The number of likely N-dealkylation sites (tertiary alicyclic amines) is 1. The Morgan fingerprint density at radius 1 is 0.699 bits per heavy atom. The Bertz CT molecular complexity index is 2300. The number of phenols is 1. The second-order valence-electron chi connectivity index (χ2n) is 17.4. The van der Waals surface area contributed by atoms with Gasteiger partial charge in [0, 0.05) is 37.3 Å². The van der Waals surface area contributed by atoms with Crippen molar-refractivity contribution in [3.8, 4) is 5.75 Å². The first-order valence-corrected chi connectivity index (χ1v) is 26.0. The second kappa shape index (κ2) is 29.5. The summed E-state index contributed by atoms with van der Waals surface area (Å²) in [6, 6.07) is 3.09. The summed E-state index contributed by atoms with van der Waals surface area (Å²) in [5.41, 5.74) is 29.2. The molecular weight excluding hydrogens is 991 g/mol. The predicted octanol–water partition coefficient (Wildman–Crippen LogP) is -4.33. The molecule has 8 atom stereocenters. The van der Waals surface area contributed by atoms with Crippen LogP contribution in [0, 0.1) is 0 Å². The van der Waals surface area contributed by atoms with Gasteiger partial charge in [-0.15, -0.1) is 0 Å². The van der Waals surface area contributed by atoms with E-state index in [0.717, 1.165) is 21.6 Å². The van der Waals surface area contributed by atoms with Crippen LogP contribution in [0.2, 0.25) is 0 Å². The highest BCUT2D eigenvalue weighted by Crippen LogP contribution is 2.26. The molecule has 0 aliphatic carbocycles. The summed E-state index contributed by atoms with van der Waals surface area (Å²) >= 11 is 0. The second-order valence-corrected chi connectivity index (χ2v) is 20.0. The van der Waals surface area contributed by atoms with Crippen LogP contribution in [0.15, 0.2) is 54.6 Å². The van der Waals surface area contributed by atoms with E-state index in [2.05, 4.69) is 37.2 Å². The number of amides is 11. The van der Waals surface area contributed by atoms with E-state index in [0.29, 0.717) is 36.9 Å². The van der Waals surface area contributed by atoms with Gasteiger partial charge in [0.25, 0.3) is 0 Å². The summed E-state index contributed by atoms with van der Waals surface area (Å²) in [5, 5.41) is 27.7. The number of aromatic hydroxyl groups is 1. The zero-order valence-corrected chi connectivity index (χ0v) is 41.6. The van der Waals surface area contributed by atoms with E-state index >= 15 is 0 Å². The minimum Gasteiger partial charge on any atom is -0.508 e. The number of nitrogens with zero attached hydrogens (tertiary/aromatic N) is 1. The SMILES string of the molecule is NCCCC[C@H](NC(=O)[C@@H]1CCCN1C(=O)[C@@H]1CSSC[C@H](N)C(=O)N[C@H](Cc2ccc(O)cc2)C(=O)N[C@@H](Cc2ccccc2)C(=O)N[C@H](CCC(N)=O)C(=O)N[C@@H](CC(N)=O)C(=O)N1)C(=O)NCC(N)=O. The molecule has 0 spiro atoms. The predicted molar refractivity (Wildman–Crippen MR) is 269 cm³/mol. The minimum atomic E-state index is -1.78. The van der Waals surface area contributed by atoms with Crippen molar-refractivity contribution in [3.05, 3.63) is 65.7 Å². The molecule has 2 fully saturated rings. The van der Waals surface area contributed by atoms with Crippen LogP contribution >= 0.6 is 21.6 Å². The molecule has 0 bridgehead atoms. The van der Waals surface area contributed by atoms with Crippen molar-refractivity contribution >= 4 is 86.6 Å². The highest BCUT2D eigenvalue weighted by atomic mass is 33.1. The zero-order chi connectivity index (χ0) is 53.6. The summed E-state index contributed by atoms with van der Waals surface area (Å²) < 4.78 is 0. The number of carbonyl (C=O) groups excluding carboxylic acids is 11. The number of primary amides is 3. The van der Waals surface area contributed by atoms with Crippen LogP contribution in [0.4, 0.5) is 0 Å². The molecule has 0 aromatic heterocycles. The summed E-state index contributed by atoms with van der Waals surface area (Å²) in [7, 11) is 2.02. The lowest BCUT2D eigenvalue weighted by molar-refractivity contribution is -0.142. The first-order valence-electron chi connectivity index (χ1n) is 23.5. The van der Waals surface area contributed by atoms with Gasteiger partial charge < -0.3 is 75.9 Å². The van der Waals surface area contributed by atoms with Crippen molar-refractivity contribution in [2.75, 3.05) is 31.1 Å². The zero-order valence-electron chi connectivity index (χ0n) is 40.0. The maximum atomic E-state index is 14.6. The van der Waals surface area contributed by atoms with Crippen molar-refractivity contribution in [1.29, 1.82) is 0 Å². The number of phenolic OH excluding ortho intramolecular Hbond substituents is 1. The van der Waals surface area contributed by atoms with Crippen LogP contribution in [0.3, 0.4) is 0 Å². The number of hydrogen-bond donors (Lipinski definition) is 13. The molecule has 27 heteroatoms. The Balaban J connectivity index is 1.71. The van der Waals surface area contributed by atoms with Gasteiger partial charge in [-0.05, 0) is 68.3 Å². The van der Waals surface area contributed by atoms with E-state index < -0.39 is 139 Å². The van der Waals surface area contributed by atoms with E-state index in [1.807, 2.05) is 0 Å².